The van der Waals surface area contributed by atoms with Gasteiger partial charge in [0, 0.05) is 12.0 Å². The van der Waals surface area contributed by atoms with Gasteiger partial charge in [0.25, 0.3) is 0 Å². The number of rotatable bonds is 26. The van der Waals surface area contributed by atoms with Crippen molar-refractivity contribution in [3.05, 3.63) is 11.6 Å². The Morgan fingerprint density at radius 2 is 1.10 bits per heavy atom. The van der Waals surface area contributed by atoms with E-state index in [0.717, 1.165) is 64.2 Å². The zero-order chi connectivity index (χ0) is 29.7. The molecule has 0 bridgehead atoms. The van der Waals surface area contributed by atoms with Gasteiger partial charge in [-0.15, -0.1) is 0 Å². The summed E-state index contributed by atoms with van der Waals surface area (Å²) in [7, 11) is 0. The molecule has 2 heterocycles. The third kappa shape index (κ3) is 16.5. The highest BCUT2D eigenvalue weighted by atomic mass is 16.5. The van der Waals surface area contributed by atoms with Crippen LogP contribution in [0.15, 0.2) is 11.6 Å². The maximum atomic E-state index is 11.6. The van der Waals surface area contributed by atoms with Crippen LogP contribution < -0.4 is 0 Å². The molecule has 0 spiro atoms. The number of aliphatic hydroxyl groups excluding tert-OH is 3. The normalized spacial score (nSPS) is 23.0. The SMILES string of the molecule is CCCCCCCCCCCC[C@@H](O)[C@@H]1CC[C@@H]([C@@H](O)CCCCCCCCCC[C@@H](O)CC2=C[C@H](C)OC2=O)O1. The summed E-state index contributed by atoms with van der Waals surface area (Å²) in [6, 6.07) is 0. The summed E-state index contributed by atoms with van der Waals surface area (Å²) in [5, 5.41) is 31.4. The van der Waals surface area contributed by atoms with Crippen LogP contribution in [0.3, 0.4) is 0 Å². The lowest BCUT2D eigenvalue weighted by atomic mass is 9.99. The molecule has 0 saturated carbocycles. The number of aliphatic hydroxyl groups is 3. The first kappa shape index (κ1) is 36.2. The van der Waals surface area contributed by atoms with Gasteiger partial charge in [-0.05, 0) is 45.1 Å². The predicted molar refractivity (Wildman–Crippen MR) is 167 cm³/mol. The van der Waals surface area contributed by atoms with Crippen LogP contribution in [-0.4, -0.2) is 57.9 Å². The van der Waals surface area contributed by atoms with E-state index >= 15 is 0 Å². The second kappa shape index (κ2) is 22.6. The van der Waals surface area contributed by atoms with E-state index in [1.165, 1.54) is 83.5 Å². The number of ether oxygens (including phenoxy) is 2. The van der Waals surface area contributed by atoms with Crippen molar-refractivity contribution in [1.82, 2.24) is 0 Å². The molecule has 3 N–H and O–H groups in total. The van der Waals surface area contributed by atoms with E-state index < -0.39 is 18.3 Å². The van der Waals surface area contributed by atoms with Crippen molar-refractivity contribution in [2.45, 2.75) is 205 Å². The summed E-state index contributed by atoms with van der Waals surface area (Å²) >= 11 is 0. The summed E-state index contributed by atoms with van der Waals surface area (Å²) in [4.78, 5) is 11.6. The molecule has 0 aromatic rings. The third-order valence-electron chi connectivity index (χ3n) is 9.03. The number of carbonyl (C=O) groups excluding carboxylic acids is 1. The Bertz CT molecular complexity index is 694. The van der Waals surface area contributed by atoms with Crippen molar-refractivity contribution in [3.8, 4) is 0 Å². The standard InChI is InChI=1S/C35H64O6/c1-3-4-5-6-7-8-9-13-16-19-22-31(37)33-24-25-34(41-33)32(38)23-20-17-14-11-10-12-15-18-21-30(36)27-29-26-28(2)40-35(29)39/h26,28,30-34,36-38H,3-25,27H2,1-2H3/t28-,30+,31+,32-,33-,34-/m0/s1. The molecule has 0 aromatic heterocycles. The van der Waals surface area contributed by atoms with Gasteiger partial charge >= 0.3 is 5.97 Å². The van der Waals surface area contributed by atoms with E-state index in [4.69, 9.17) is 9.47 Å². The largest absolute Gasteiger partial charge is 0.455 e. The Morgan fingerprint density at radius 1 is 0.683 bits per heavy atom. The van der Waals surface area contributed by atoms with Gasteiger partial charge in [0.1, 0.15) is 6.10 Å². The number of unbranched alkanes of at least 4 members (excludes halogenated alkanes) is 16. The van der Waals surface area contributed by atoms with E-state index in [1.807, 2.05) is 13.0 Å². The van der Waals surface area contributed by atoms with E-state index in [9.17, 15) is 20.1 Å². The summed E-state index contributed by atoms with van der Waals surface area (Å²) in [6.07, 6.45) is 26.7. The minimum absolute atomic E-state index is 0.102. The van der Waals surface area contributed by atoms with Crippen molar-refractivity contribution in [2.24, 2.45) is 0 Å². The molecule has 0 aromatic carbocycles. The number of esters is 1. The van der Waals surface area contributed by atoms with Crippen LogP contribution in [0.2, 0.25) is 0 Å². The van der Waals surface area contributed by atoms with Crippen molar-refractivity contribution < 1.29 is 29.6 Å². The zero-order valence-corrected chi connectivity index (χ0v) is 26.6. The topological polar surface area (TPSA) is 96.2 Å². The Kier molecular flexibility index (Phi) is 20.0. The summed E-state index contributed by atoms with van der Waals surface area (Å²) in [6.45, 7) is 4.10. The highest BCUT2D eigenvalue weighted by molar-refractivity contribution is 5.90. The number of carbonyl (C=O) groups is 1. The van der Waals surface area contributed by atoms with Crippen LogP contribution in [0, 0.1) is 0 Å². The highest BCUT2D eigenvalue weighted by Gasteiger charge is 2.34. The van der Waals surface area contributed by atoms with Gasteiger partial charge in [0.2, 0.25) is 0 Å². The second-order valence-electron chi connectivity index (χ2n) is 13.0. The predicted octanol–water partition coefficient (Wildman–Crippen LogP) is 8.09. The zero-order valence-electron chi connectivity index (χ0n) is 26.6. The molecule has 6 atom stereocenters. The van der Waals surface area contributed by atoms with Crippen LogP contribution >= 0.6 is 0 Å². The Balaban J connectivity index is 1.37. The average molecular weight is 581 g/mol. The van der Waals surface area contributed by atoms with E-state index in [-0.39, 0.29) is 24.3 Å². The van der Waals surface area contributed by atoms with Crippen molar-refractivity contribution in [2.75, 3.05) is 0 Å². The molecule has 41 heavy (non-hydrogen) atoms. The number of hydrogen-bond acceptors (Lipinski definition) is 6. The van der Waals surface area contributed by atoms with Crippen LogP contribution in [0.25, 0.3) is 0 Å². The van der Waals surface area contributed by atoms with Gasteiger partial charge in [0.15, 0.2) is 0 Å². The van der Waals surface area contributed by atoms with Crippen LogP contribution in [0.4, 0.5) is 0 Å². The monoisotopic (exact) mass is 580 g/mol. The maximum Gasteiger partial charge on any atom is 0.334 e. The molecule has 0 aliphatic carbocycles. The maximum absolute atomic E-state index is 11.6. The first-order chi connectivity index (χ1) is 19.9. The van der Waals surface area contributed by atoms with Gasteiger partial charge in [0.05, 0.1) is 30.5 Å². The van der Waals surface area contributed by atoms with Crippen molar-refractivity contribution in [3.63, 3.8) is 0 Å². The summed E-state index contributed by atoms with van der Waals surface area (Å²) in [5.41, 5.74) is 0.617. The van der Waals surface area contributed by atoms with Gasteiger partial charge in [-0.25, -0.2) is 4.79 Å². The third-order valence-corrected chi connectivity index (χ3v) is 9.03. The summed E-state index contributed by atoms with van der Waals surface area (Å²) in [5.74, 6) is -0.280. The highest BCUT2D eigenvalue weighted by Crippen LogP contribution is 2.28. The second-order valence-corrected chi connectivity index (χ2v) is 13.0. The fraction of sp³-hybridized carbons (Fsp3) is 0.914. The Labute approximate surface area is 251 Å². The smallest absolute Gasteiger partial charge is 0.334 e. The molecular weight excluding hydrogens is 516 g/mol. The van der Waals surface area contributed by atoms with Gasteiger partial charge < -0.3 is 24.8 Å². The van der Waals surface area contributed by atoms with Crippen molar-refractivity contribution in [1.29, 1.82) is 0 Å². The first-order valence-corrected chi connectivity index (χ1v) is 17.5. The minimum atomic E-state index is -0.461. The fourth-order valence-corrected chi connectivity index (χ4v) is 6.40. The van der Waals surface area contributed by atoms with Gasteiger partial charge in [-0.2, -0.15) is 0 Å². The first-order valence-electron chi connectivity index (χ1n) is 17.5. The Hall–Kier alpha value is -0.950. The average Bonchev–Trinajstić information content (AvgIpc) is 3.57. The molecule has 2 rings (SSSR count). The van der Waals surface area contributed by atoms with Crippen LogP contribution in [0.1, 0.15) is 168 Å². The van der Waals surface area contributed by atoms with E-state index in [0.29, 0.717) is 12.0 Å². The minimum Gasteiger partial charge on any atom is -0.455 e. The molecule has 0 amide bonds. The molecule has 6 nitrogen and oxygen atoms in total. The molecule has 1 fully saturated rings. The lowest BCUT2D eigenvalue weighted by Crippen LogP contribution is -2.31. The van der Waals surface area contributed by atoms with Crippen molar-refractivity contribution >= 4 is 5.97 Å². The fourth-order valence-electron chi connectivity index (χ4n) is 6.40. The number of cyclic esters (lactones) is 1. The number of hydrogen-bond donors (Lipinski definition) is 3. The lowest BCUT2D eigenvalue weighted by molar-refractivity contribution is -0.139. The molecule has 6 heteroatoms. The lowest BCUT2D eigenvalue weighted by Gasteiger charge is -2.22. The molecule has 2 aliphatic rings. The van der Waals surface area contributed by atoms with Gasteiger partial charge in [-0.1, -0.05) is 122 Å². The Morgan fingerprint density at radius 3 is 1.51 bits per heavy atom. The molecule has 240 valence electrons. The summed E-state index contributed by atoms with van der Waals surface area (Å²) < 4.78 is 11.2. The molecule has 2 aliphatic heterocycles. The van der Waals surface area contributed by atoms with E-state index in [2.05, 4.69) is 6.92 Å². The van der Waals surface area contributed by atoms with E-state index in [1.54, 1.807) is 0 Å². The van der Waals surface area contributed by atoms with Gasteiger partial charge in [-0.3, -0.25) is 0 Å². The van der Waals surface area contributed by atoms with Crippen LogP contribution in [0.5, 0.6) is 0 Å². The molecule has 0 radical (unpaired) electrons. The molecular formula is C35H64O6. The quantitative estimate of drug-likeness (QED) is 0.0707. The molecule has 0 unspecified atom stereocenters. The van der Waals surface area contributed by atoms with Crippen LogP contribution in [-0.2, 0) is 14.3 Å². The molecule has 1 saturated heterocycles.